The molecule has 1 unspecified atom stereocenters. The standard InChI is InChI=1S/C10H18.C2H6/c1-4-7-9-10(6-3)8-5-2;1-2/h5,7,9-10H,2,4,6,8H2,1,3H3;1-2H3/b9-7+;. The highest BCUT2D eigenvalue weighted by Crippen LogP contribution is 2.10. The van der Waals surface area contributed by atoms with Crippen LogP contribution < -0.4 is 0 Å². The molecule has 0 aromatic rings. The molecule has 1 atom stereocenters. The van der Waals surface area contributed by atoms with Gasteiger partial charge in [0.1, 0.15) is 0 Å². The summed E-state index contributed by atoms with van der Waals surface area (Å²) in [5.41, 5.74) is 0. The van der Waals surface area contributed by atoms with E-state index in [1.54, 1.807) is 0 Å². The molecule has 0 heteroatoms. The van der Waals surface area contributed by atoms with Gasteiger partial charge in [-0.05, 0) is 25.2 Å². The van der Waals surface area contributed by atoms with E-state index in [1.165, 1.54) is 6.42 Å². The summed E-state index contributed by atoms with van der Waals surface area (Å²) in [6, 6.07) is 0. The van der Waals surface area contributed by atoms with Crippen LogP contribution in [0.1, 0.15) is 47.0 Å². The summed E-state index contributed by atoms with van der Waals surface area (Å²) >= 11 is 0. The molecular weight excluding hydrogens is 144 g/mol. The van der Waals surface area contributed by atoms with Gasteiger partial charge in [0.25, 0.3) is 0 Å². The molecule has 0 aliphatic carbocycles. The Kier molecular flexibility index (Phi) is 15.3. The molecule has 0 bridgehead atoms. The normalized spacial score (nSPS) is 12.0. The third-order valence-corrected chi connectivity index (χ3v) is 1.64. The minimum atomic E-state index is 0.720. The zero-order chi connectivity index (χ0) is 9.82. The van der Waals surface area contributed by atoms with Crippen molar-refractivity contribution in [1.29, 1.82) is 0 Å². The van der Waals surface area contributed by atoms with Crippen molar-refractivity contribution in [2.24, 2.45) is 5.92 Å². The minimum Gasteiger partial charge on any atom is -0.103 e. The fourth-order valence-corrected chi connectivity index (χ4v) is 0.924. The first-order valence-corrected chi connectivity index (χ1v) is 5.12. The molecule has 0 nitrogen and oxygen atoms in total. The molecule has 0 aliphatic rings. The summed E-state index contributed by atoms with van der Waals surface area (Å²) in [4.78, 5) is 0. The van der Waals surface area contributed by atoms with Gasteiger partial charge >= 0.3 is 0 Å². The molecule has 0 aromatic heterocycles. The third-order valence-electron chi connectivity index (χ3n) is 1.64. The smallest absolute Gasteiger partial charge is 0.0202 e. The first-order chi connectivity index (χ1) is 5.85. The Balaban J connectivity index is 0. The van der Waals surface area contributed by atoms with Crippen molar-refractivity contribution in [1.82, 2.24) is 0 Å². The summed E-state index contributed by atoms with van der Waals surface area (Å²) in [5, 5.41) is 0. The first-order valence-electron chi connectivity index (χ1n) is 5.12. The van der Waals surface area contributed by atoms with E-state index >= 15 is 0 Å². The number of hydrogen-bond donors (Lipinski definition) is 0. The van der Waals surface area contributed by atoms with E-state index in [0.717, 1.165) is 18.8 Å². The van der Waals surface area contributed by atoms with E-state index in [4.69, 9.17) is 0 Å². The second-order valence-corrected chi connectivity index (χ2v) is 2.53. The average Bonchev–Trinajstić information content (AvgIpc) is 2.15. The molecule has 0 heterocycles. The molecule has 12 heavy (non-hydrogen) atoms. The van der Waals surface area contributed by atoms with Gasteiger partial charge in [-0.3, -0.25) is 0 Å². The van der Waals surface area contributed by atoms with Crippen molar-refractivity contribution >= 4 is 0 Å². The van der Waals surface area contributed by atoms with Gasteiger partial charge in [-0.25, -0.2) is 0 Å². The maximum Gasteiger partial charge on any atom is -0.0202 e. The van der Waals surface area contributed by atoms with Crippen molar-refractivity contribution in [2.75, 3.05) is 0 Å². The molecule has 0 fully saturated rings. The fraction of sp³-hybridized carbons (Fsp3) is 0.667. The van der Waals surface area contributed by atoms with Crippen LogP contribution in [0.15, 0.2) is 24.8 Å². The molecule has 0 saturated heterocycles. The van der Waals surface area contributed by atoms with E-state index in [2.05, 4.69) is 32.6 Å². The predicted molar refractivity (Wildman–Crippen MR) is 59.4 cm³/mol. The lowest BCUT2D eigenvalue weighted by Gasteiger charge is -2.04. The second kappa shape index (κ2) is 13.1. The highest BCUT2D eigenvalue weighted by atomic mass is 14.0. The SMILES string of the molecule is C=CCC(/C=C/CC)CC.CC. The van der Waals surface area contributed by atoms with Crippen LogP contribution in [0.4, 0.5) is 0 Å². The topological polar surface area (TPSA) is 0 Å². The summed E-state index contributed by atoms with van der Waals surface area (Å²) in [6.07, 6.45) is 10.0. The van der Waals surface area contributed by atoms with E-state index in [9.17, 15) is 0 Å². The molecule has 0 amide bonds. The maximum absolute atomic E-state index is 3.72. The van der Waals surface area contributed by atoms with E-state index in [0.29, 0.717) is 0 Å². The Morgan fingerprint density at radius 1 is 1.25 bits per heavy atom. The molecule has 0 spiro atoms. The second-order valence-electron chi connectivity index (χ2n) is 2.53. The van der Waals surface area contributed by atoms with Crippen molar-refractivity contribution in [2.45, 2.75) is 47.0 Å². The Morgan fingerprint density at radius 2 is 1.83 bits per heavy atom. The molecule has 0 radical (unpaired) electrons. The van der Waals surface area contributed by atoms with Crippen LogP contribution in [0.2, 0.25) is 0 Å². The van der Waals surface area contributed by atoms with Crippen molar-refractivity contribution in [3.63, 3.8) is 0 Å². The maximum atomic E-state index is 3.72. The summed E-state index contributed by atoms with van der Waals surface area (Å²) in [7, 11) is 0. The highest BCUT2D eigenvalue weighted by Gasteiger charge is 1.95. The largest absolute Gasteiger partial charge is 0.103 e. The van der Waals surface area contributed by atoms with Crippen molar-refractivity contribution in [3.8, 4) is 0 Å². The summed E-state index contributed by atoms with van der Waals surface area (Å²) < 4.78 is 0. The van der Waals surface area contributed by atoms with Gasteiger partial charge in [-0.1, -0.05) is 45.9 Å². The lowest BCUT2D eigenvalue weighted by atomic mass is 10.0. The lowest BCUT2D eigenvalue weighted by Crippen LogP contribution is -1.90. The summed E-state index contributed by atoms with van der Waals surface area (Å²) in [5.74, 6) is 0.720. The highest BCUT2D eigenvalue weighted by molar-refractivity contribution is 4.90. The molecule has 0 N–H and O–H groups in total. The van der Waals surface area contributed by atoms with Gasteiger partial charge < -0.3 is 0 Å². The van der Waals surface area contributed by atoms with Crippen LogP contribution >= 0.6 is 0 Å². The van der Waals surface area contributed by atoms with Crippen LogP contribution in [0.3, 0.4) is 0 Å². The Bertz CT molecular complexity index is 101. The van der Waals surface area contributed by atoms with Gasteiger partial charge in [0, 0.05) is 0 Å². The zero-order valence-electron chi connectivity index (χ0n) is 9.14. The summed E-state index contributed by atoms with van der Waals surface area (Å²) in [6.45, 7) is 12.1. The number of rotatable bonds is 5. The molecule has 0 aromatic carbocycles. The monoisotopic (exact) mass is 168 g/mol. The van der Waals surface area contributed by atoms with Gasteiger partial charge in [0.05, 0.1) is 0 Å². The van der Waals surface area contributed by atoms with E-state index < -0.39 is 0 Å². The quantitative estimate of drug-likeness (QED) is 0.527. The lowest BCUT2D eigenvalue weighted by molar-refractivity contribution is 0.637. The van der Waals surface area contributed by atoms with Gasteiger partial charge in [0.15, 0.2) is 0 Å². The molecule has 0 rings (SSSR count). The first kappa shape index (κ1) is 14.0. The number of hydrogen-bond acceptors (Lipinski definition) is 0. The van der Waals surface area contributed by atoms with Crippen LogP contribution in [-0.2, 0) is 0 Å². The molecule has 72 valence electrons. The van der Waals surface area contributed by atoms with E-state index in [-0.39, 0.29) is 0 Å². The average molecular weight is 168 g/mol. The van der Waals surface area contributed by atoms with Crippen molar-refractivity contribution in [3.05, 3.63) is 24.8 Å². The van der Waals surface area contributed by atoms with Crippen LogP contribution in [0, 0.1) is 5.92 Å². The molecule has 0 aliphatic heterocycles. The Morgan fingerprint density at radius 3 is 2.17 bits per heavy atom. The third kappa shape index (κ3) is 9.48. The zero-order valence-corrected chi connectivity index (χ0v) is 9.14. The van der Waals surface area contributed by atoms with Gasteiger partial charge in [0.2, 0.25) is 0 Å². The molecule has 0 saturated carbocycles. The van der Waals surface area contributed by atoms with Crippen LogP contribution in [-0.4, -0.2) is 0 Å². The molecular formula is C12H24. The van der Waals surface area contributed by atoms with Gasteiger partial charge in [-0.15, -0.1) is 6.58 Å². The van der Waals surface area contributed by atoms with E-state index in [1.807, 2.05) is 19.9 Å². The Hall–Kier alpha value is -0.520. The van der Waals surface area contributed by atoms with Crippen LogP contribution in [0.5, 0.6) is 0 Å². The van der Waals surface area contributed by atoms with Crippen molar-refractivity contribution < 1.29 is 0 Å². The van der Waals surface area contributed by atoms with Crippen LogP contribution in [0.25, 0.3) is 0 Å². The fourth-order valence-electron chi connectivity index (χ4n) is 0.924. The minimum absolute atomic E-state index is 0.720. The Labute approximate surface area is 78.4 Å². The predicted octanol–water partition coefficient (Wildman–Crippen LogP) is 4.58. The van der Waals surface area contributed by atoms with Gasteiger partial charge in [-0.2, -0.15) is 0 Å². The number of allylic oxidation sites excluding steroid dienone is 3.